The molecule has 2 N–H and O–H groups in total. The maximum atomic E-state index is 12.9. The van der Waals surface area contributed by atoms with Crippen molar-refractivity contribution in [3.63, 3.8) is 0 Å². The Hall–Kier alpha value is -2.30. The summed E-state index contributed by atoms with van der Waals surface area (Å²) in [5.41, 5.74) is 8.81. The summed E-state index contributed by atoms with van der Waals surface area (Å²) in [5.74, 6) is -0.0209. The number of hydrogen-bond acceptors (Lipinski definition) is 3. The number of carbonyl (C=O) groups is 1. The van der Waals surface area contributed by atoms with Gasteiger partial charge in [0.1, 0.15) is 0 Å². The number of hydrogen-bond donors (Lipinski definition) is 1. The van der Waals surface area contributed by atoms with E-state index in [1.165, 1.54) is 0 Å². The number of carbonyl (C=O) groups excluding carboxylic acids is 1. The smallest absolute Gasteiger partial charge is 0.261 e. The summed E-state index contributed by atoms with van der Waals surface area (Å²) in [7, 11) is 1.83. The molecule has 2 rings (SSSR count). The van der Waals surface area contributed by atoms with Crippen LogP contribution in [0.5, 0.6) is 0 Å². The van der Waals surface area contributed by atoms with Crippen molar-refractivity contribution in [1.82, 2.24) is 9.78 Å². The Kier molecular flexibility index (Phi) is 4.62. The Morgan fingerprint density at radius 2 is 2.14 bits per heavy atom. The lowest BCUT2D eigenvalue weighted by Crippen LogP contribution is -2.32. The molecule has 1 aromatic carbocycles. The number of anilines is 2. The molecule has 21 heavy (non-hydrogen) atoms. The average Bonchev–Trinajstić information content (AvgIpc) is 2.85. The summed E-state index contributed by atoms with van der Waals surface area (Å²) in [5, 5.41) is 4.35. The van der Waals surface area contributed by atoms with Gasteiger partial charge in [0.05, 0.1) is 11.3 Å². The van der Waals surface area contributed by atoms with Crippen LogP contribution in [0.25, 0.3) is 0 Å². The van der Waals surface area contributed by atoms with Crippen molar-refractivity contribution < 1.29 is 4.79 Å². The van der Waals surface area contributed by atoms with Gasteiger partial charge in [0.25, 0.3) is 5.91 Å². The Morgan fingerprint density at radius 3 is 2.76 bits per heavy atom. The molecule has 0 fully saturated rings. The minimum Gasteiger partial charge on any atom is -0.399 e. The normalized spacial score (nSPS) is 10.6. The van der Waals surface area contributed by atoms with E-state index in [1.807, 2.05) is 38.2 Å². The van der Waals surface area contributed by atoms with E-state index < -0.39 is 0 Å². The average molecular weight is 286 g/mol. The minimum absolute atomic E-state index is 0.0209. The van der Waals surface area contributed by atoms with Gasteiger partial charge in [0, 0.05) is 31.2 Å². The summed E-state index contributed by atoms with van der Waals surface area (Å²) < 4.78 is 1.69. The SMILES string of the molecule is CCCN(C(=O)c1cn(C)nc1CC)c1cccc(N)c1. The zero-order valence-corrected chi connectivity index (χ0v) is 12.8. The number of rotatable bonds is 5. The predicted molar refractivity (Wildman–Crippen MR) is 85.4 cm³/mol. The Morgan fingerprint density at radius 1 is 1.38 bits per heavy atom. The van der Waals surface area contributed by atoms with Crippen LogP contribution in [0.1, 0.15) is 36.3 Å². The molecule has 0 atom stereocenters. The van der Waals surface area contributed by atoms with Gasteiger partial charge in [-0.2, -0.15) is 5.10 Å². The number of aryl methyl sites for hydroxylation is 2. The zero-order chi connectivity index (χ0) is 15.4. The first-order valence-electron chi connectivity index (χ1n) is 7.26. The van der Waals surface area contributed by atoms with E-state index in [2.05, 4.69) is 12.0 Å². The topological polar surface area (TPSA) is 64.2 Å². The molecule has 1 amide bonds. The van der Waals surface area contributed by atoms with Crippen molar-refractivity contribution in [2.75, 3.05) is 17.2 Å². The van der Waals surface area contributed by atoms with Crippen molar-refractivity contribution in [2.24, 2.45) is 7.05 Å². The van der Waals surface area contributed by atoms with Crippen molar-refractivity contribution >= 4 is 17.3 Å². The molecule has 0 saturated heterocycles. The standard InChI is InChI=1S/C16H22N4O/c1-4-9-20(13-8-6-7-12(17)10-13)16(21)14-11-19(3)18-15(14)5-2/h6-8,10-11H,4-5,9,17H2,1-3H3. The van der Waals surface area contributed by atoms with E-state index in [0.717, 1.165) is 24.2 Å². The van der Waals surface area contributed by atoms with Crippen molar-refractivity contribution in [3.8, 4) is 0 Å². The highest BCUT2D eigenvalue weighted by atomic mass is 16.2. The minimum atomic E-state index is -0.0209. The van der Waals surface area contributed by atoms with Gasteiger partial charge in [-0.05, 0) is 31.0 Å². The first-order valence-corrected chi connectivity index (χ1v) is 7.26. The first-order chi connectivity index (χ1) is 10.1. The van der Waals surface area contributed by atoms with E-state index in [9.17, 15) is 4.79 Å². The van der Waals surface area contributed by atoms with Crippen LogP contribution in [0.3, 0.4) is 0 Å². The highest BCUT2D eigenvalue weighted by molar-refractivity contribution is 6.06. The van der Waals surface area contributed by atoms with Gasteiger partial charge in [0.2, 0.25) is 0 Å². The molecule has 0 aliphatic heterocycles. The van der Waals surface area contributed by atoms with Crippen LogP contribution >= 0.6 is 0 Å². The number of benzene rings is 1. The maximum absolute atomic E-state index is 12.9. The fourth-order valence-electron chi connectivity index (χ4n) is 2.38. The molecule has 5 nitrogen and oxygen atoms in total. The van der Waals surface area contributed by atoms with Crippen LogP contribution in [0, 0.1) is 0 Å². The van der Waals surface area contributed by atoms with E-state index in [-0.39, 0.29) is 5.91 Å². The zero-order valence-electron chi connectivity index (χ0n) is 12.8. The van der Waals surface area contributed by atoms with Gasteiger partial charge in [-0.25, -0.2) is 0 Å². The van der Waals surface area contributed by atoms with Crippen LogP contribution in [0.4, 0.5) is 11.4 Å². The second kappa shape index (κ2) is 6.43. The molecule has 0 aliphatic carbocycles. The second-order valence-electron chi connectivity index (χ2n) is 5.07. The fourth-order valence-corrected chi connectivity index (χ4v) is 2.38. The predicted octanol–water partition coefficient (Wildman–Crippen LogP) is 2.62. The number of nitrogen functional groups attached to an aromatic ring is 1. The van der Waals surface area contributed by atoms with Gasteiger partial charge in [-0.3, -0.25) is 9.48 Å². The molecule has 2 aromatic rings. The number of nitrogens with two attached hydrogens (primary N) is 1. The van der Waals surface area contributed by atoms with Crippen molar-refractivity contribution in [2.45, 2.75) is 26.7 Å². The Balaban J connectivity index is 2.39. The van der Waals surface area contributed by atoms with Gasteiger partial charge in [0.15, 0.2) is 0 Å². The van der Waals surface area contributed by atoms with Gasteiger partial charge in [-0.15, -0.1) is 0 Å². The van der Waals surface area contributed by atoms with E-state index in [1.54, 1.807) is 15.8 Å². The van der Waals surface area contributed by atoms with Crippen molar-refractivity contribution in [1.29, 1.82) is 0 Å². The molecule has 0 bridgehead atoms. The van der Waals surface area contributed by atoms with E-state index in [0.29, 0.717) is 17.8 Å². The molecular formula is C16H22N4O. The molecule has 0 unspecified atom stereocenters. The first kappa shape index (κ1) is 15.1. The van der Waals surface area contributed by atoms with Crippen LogP contribution in [-0.4, -0.2) is 22.2 Å². The Labute approximate surface area is 125 Å². The summed E-state index contributed by atoms with van der Waals surface area (Å²) in [6, 6.07) is 7.42. The van der Waals surface area contributed by atoms with E-state index in [4.69, 9.17) is 5.73 Å². The van der Waals surface area contributed by atoms with Gasteiger partial charge in [-0.1, -0.05) is 19.9 Å². The highest BCUT2D eigenvalue weighted by Gasteiger charge is 2.21. The molecule has 112 valence electrons. The van der Waals surface area contributed by atoms with Crippen LogP contribution in [-0.2, 0) is 13.5 Å². The number of nitrogens with zero attached hydrogens (tertiary/aromatic N) is 3. The Bertz CT molecular complexity index is 633. The largest absolute Gasteiger partial charge is 0.399 e. The lowest BCUT2D eigenvalue weighted by atomic mass is 10.1. The maximum Gasteiger partial charge on any atom is 0.261 e. The van der Waals surface area contributed by atoms with Crippen LogP contribution in [0.15, 0.2) is 30.5 Å². The molecule has 0 saturated carbocycles. The summed E-state index contributed by atoms with van der Waals surface area (Å²) in [6.45, 7) is 4.71. The summed E-state index contributed by atoms with van der Waals surface area (Å²) in [4.78, 5) is 14.6. The summed E-state index contributed by atoms with van der Waals surface area (Å²) >= 11 is 0. The second-order valence-corrected chi connectivity index (χ2v) is 5.07. The lowest BCUT2D eigenvalue weighted by molar-refractivity contribution is 0.0986. The third-order valence-electron chi connectivity index (χ3n) is 3.34. The van der Waals surface area contributed by atoms with Crippen molar-refractivity contribution in [3.05, 3.63) is 41.7 Å². The van der Waals surface area contributed by atoms with Gasteiger partial charge >= 0.3 is 0 Å². The monoisotopic (exact) mass is 286 g/mol. The van der Waals surface area contributed by atoms with Gasteiger partial charge < -0.3 is 10.6 Å². The summed E-state index contributed by atoms with van der Waals surface area (Å²) in [6.07, 6.45) is 3.40. The van der Waals surface area contributed by atoms with Crippen LogP contribution < -0.4 is 10.6 Å². The van der Waals surface area contributed by atoms with Crippen LogP contribution in [0.2, 0.25) is 0 Å². The molecule has 0 spiro atoms. The lowest BCUT2D eigenvalue weighted by Gasteiger charge is -2.22. The quantitative estimate of drug-likeness (QED) is 0.859. The molecule has 0 aliphatic rings. The molecule has 5 heteroatoms. The number of aromatic nitrogens is 2. The fraction of sp³-hybridized carbons (Fsp3) is 0.375. The third-order valence-corrected chi connectivity index (χ3v) is 3.34. The molecular weight excluding hydrogens is 264 g/mol. The molecule has 0 radical (unpaired) electrons. The van der Waals surface area contributed by atoms with E-state index >= 15 is 0 Å². The molecule has 1 heterocycles. The third kappa shape index (κ3) is 3.24. The highest BCUT2D eigenvalue weighted by Crippen LogP contribution is 2.21. The molecule has 1 aromatic heterocycles. The number of amides is 1.